The Kier molecular flexibility index (Phi) is 7.28. The lowest BCUT2D eigenvalue weighted by atomic mass is 10.1. The van der Waals surface area contributed by atoms with Crippen molar-refractivity contribution in [1.82, 2.24) is 15.5 Å². The van der Waals surface area contributed by atoms with E-state index in [0.29, 0.717) is 25.2 Å². The predicted molar refractivity (Wildman–Crippen MR) is 110 cm³/mol. The van der Waals surface area contributed by atoms with E-state index in [1.165, 1.54) is 0 Å². The van der Waals surface area contributed by atoms with Gasteiger partial charge in [-0.05, 0) is 44.4 Å². The van der Waals surface area contributed by atoms with Crippen molar-refractivity contribution in [1.29, 1.82) is 0 Å². The van der Waals surface area contributed by atoms with Crippen LogP contribution >= 0.6 is 0 Å². The van der Waals surface area contributed by atoms with Gasteiger partial charge < -0.3 is 25.0 Å². The zero-order chi connectivity index (χ0) is 19.9. The van der Waals surface area contributed by atoms with Crippen LogP contribution in [0, 0.1) is 0 Å². The minimum atomic E-state index is 0.0653. The summed E-state index contributed by atoms with van der Waals surface area (Å²) in [7, 11) is 1.76. The molecule has 3 atom stereocenters. The maximum Gasteiger partial charge on any atom is 0.254 e. The van der Waals surface area contributed by atoms with Crippen molar-refractivity contribution in [3.63, 3.8) is 0 Å². The third-order valence-corrected chi connectivity index (χ3v) is 5.11. The molecule has 2 saturated heterocycles. The van der Waals surface area contributed by atoms with Crippen molar-refractivity contribution in [3.05, 3.63) is 35.4 Å². The number of aliphatic imine (C=N–C) groups is 1. The Morgan fingerprint density at radius 2 is 1.89 bits per heavy atom. The van der Waals surface area contributed by atoms with Crippen molar-refractivity contribution in [2.45, 2.75) is 51.5 Å². The SMILES string of the molecule is CN=C(NCc1ccc(C(=O)N2CC(C)OC(C)C2)cc1)NCC1CCCO1. The van der Waals surface area contributed by atoms with Gasteiger partial charge in [-0.25, -0.2) is 0 Å². The van der Waals surface area contributed by atoms with Gasteiger partial charge in [0.1, 0.15) is 0 Å². The van der Waals surface area contributed by atoms with E-state index < -0.39 is 0 Å². The average molecular weight is 389 g/mol. The van der Waals surface area contributed by atoms with Crippen LogP contribution in [-0.2, 0) is 16.0 Å². The summed E-state index contributed by atoms with van der Waals surface area (Å²) in [4.78, 5) is 18.9. The van der Waals surface area contributed by atoms with Crippen LogP contribution in [0.25, 0.3) is 0 Å². The first-order chi connectivity index (χ1) is 13.5. The molecule has 1 amide bonds. The third kappa shape index (κ3) is 5.69. The highest BCUT2D eigenvalue weighted by molar-refractivity contribution is 5.94. The molecule has 2 heterocycles. The van der Waals surface area contributed by atoms with Gasteiger partial charge in [-0.15, -0.1) is 0 Å². The quantitative estimate of drug-likeness (QED) is 0.594. The molecule has 1 aromatic rings. The Hall–Kier alpha value is -2.12. The maximum absolute atomic E-state index is 12.7. The molecule has 7 nitrogen and oxygen atoms in total. The second kappa shape index (κ2) is 9.89. The molecule has 0 aromatic heterocycles. The normalized spacial score (nSPS) is 25.6. The van der Waals surface area contributed by atoms with Gasteiger partial charge in [0.2, 0.25) is 0 Å². The Morgan fingerprint density at radius 1 is 1.18 bits per heavy atom. The molecule has 2 aliphatic heterocycles. The van der Waals surface area contributed by atoms with Gasteiger partial charge in [0.25, 0.3) is 5.91 Å². The van der Waals surface area contributed by atoms with Crippen molar-refractivity contribution >= 4 is 11.9 Å². The van der Waals surface area contributed by atoms with E-state index in [4.69, 9.17) is 9.47 Å². The van der Waals surface area contributed by atoms with E-state index in [-0.39, 0.29) is 24.2 Å². The van der Waals surface area contributed by atoms with Crippen molar-refractivity contribution in [2.75, 3.05) is 33.3 Å². The summed E-state index contributed by atoms with van der Waals surface area (Å²) in [5, 5.41) is 6.61. The highest BCUT2D eigenvalue weighted by atomic mass is 16.5. The van der Waals surface area contributed by atoms with E-state index >= 15 is 0 Å². The van der Waals surface area contributed by atoms with Gasteiger partial charge in [-0.3, -0.25) is 9.79 Å². The number of ether oxygens (including phenoxy) is 2. The first-order valence-electron chi connectivity index (χ1n) is 10.1. The van der Waals surface area contributed by atoms with Crippen LogP contribution in [0.4, 0.5) is 0 Å². The summed E-state index contributed by atoms with van der Waals surface area (Å²) in [5.41, 5.74) is 1.81. The van der Waals surface area contributed by atoms with Gasteiger partial charge in [0, 0.05) is 45.4 Å². The highest BCUT2D eigenvalue weighted by Gasteiger charge is 2.26. The van der Waals surface area contributed by atoms with Crippen LogP contribution in [0.3, 0.4) is 0 Å². The number of rotatable bonds is 5. The van der Waals surface area contributed by atoms with Gasteiger partial charge >= 0.3 is 0 Å². The number of morpholine rings is 1. The summed E-state index contributed by atoms with van der Waals surface area (Å²) >= 11 is 0. The molecule has 154 valence electrons. The minimum Gasteiger partial charge on any atom is -0.376 e. The molecule has 0 bridgehead atoms. The first kappa shape index (κ1) is 20.6. The Bertz CT molecular complexity index is 661. The monoisotopic (exact) mass is 388 g/mol. The summed E-state index contributed by atoms with van der Waals surface area (Å²) < 4.78 is 11.3. The van der Waals surface area contributed by atoms with E-state index in [0.717, 1.165) is 37.5 Å². The lowest BCUT2D eigenvalue weighted by Gasteiger charge is -2.35. The van der Waals surface area contributed by atoms with Crippen LogP contribution in [0.2, 0.25) is 0 Å². The standard InChI is InChI=1S/C21H32N4O3/c1-15-13-25(14-16(2)28-15)20(26)18-8-6-17(7-9-18)11-23-21(22-3)24-12-19-5-4-10-27-19/h6-9,15-16,19H,4-5,10-14H2,1-3H3,(H2,22,23,24). The number of carbonyl (C=O) groups is 1. The molecule has 0 saturated carbocycles. The minimum absolute atomic E-state index is 0.0653. The van der Waals surface area contributed by atoms with Crippen molar-refractivity contribution < 1.29 is 14.3 Å². The second-order valence-corrected chi connectivity index (χ2v) is 7.61. The molecule has 0 aliphatic carbocycles. The van der Waals surface area contributed by atoms with Crippen LogP contribution in [0.15, 0.2) is 29.3 Å². The molecule has 2 fully saturated rings. The second-order valence-electron chi connectivity index (χ2n) is 7.61. The van der Waals surface area contributed by atoms with Crippen molar-refractivity contribution in [2.24, 2.45) is 4.99 Å². The van der Waals surface area contributed by atoms with Crippen LogP contribution in [-0.4, -0.2) is 68.4 Å². The fraction of sp³-hybridized carbons (Fsp3) is 0.619. The molecule has 7 heteroatoms. The van der Waals surface area contributed by atoms with Gasteiger partial charge in [0.15, 0.2) is 5.96 Å². The molecule has 1 aromatic carbocycles. The summed E-state index contributed by atoms with van der Waals surface area (Å²) in [6.07, 6.45) is 2.65. The predicted octanol–water partition coefficient (Wildman–Crippen LogP) is 1.78. The topological polar surface area (TPSA) is 75.2 Å². The zero-order valence-electron chi connectivity index (χ0n) is 17.1. The Labute approximate surface area is 167 Å². The number of guanidine groups is 1. The fourth-order valence-electron chi connectivity index (χ4n) is 3.71. The first-order valence-corrected chi connectivity index (χ1v) is 10.1. The molecule has 28 heavy (non-hydrogen) atoms. The van der Waals surface area contributed by atoms with Crippen molar-refractivity contribution in [3.8, 4) is 0 Å². The zero-order valence-corrected chi connectivity index (χ0v) is 17.1. The molecule has 2 aliphatic rings. The molecule has 0 spiro atoms. The largest absolute Gasteiger partial charge is 0.376 e. The summed E-state index contributed by atoms with van der Waals surface area (Å²) in [6, 6.07) is 7.77. The van der Waals surface area contributed by atoms with E-state index in [1.54, 1.807) is 7.05 Å². The maximum atomic E-state index is 12.7. The third-order valence-electron chi connectivity index (χ3n) is 5.11. The van der Waals surface area contributed by atoms with E-state index in [9.17, 15) is 4.79 Å². The molecule has 2 N–H and O–H groups in total. The van der Waals surface area contributed by atoms with Gasteiger partial charge in [-0.2, -0.15) is 0 Å². The smallest absolute Gasteiger partial charge is 0.254 e. The number of amides is 1. The van der Waals surface area contributed by atoms with Crippen LogP contribution in [0.1, 0.15) is 42.6 Å². The average Bonchev–Trinajstić information content (AvgIpc) is 3.21. The molecule has 0 radical (unpaired) electrons. The van der Waals surface area contributed by atoms with Crippen LogP contribution < -0.4 is 10.6 Å². The molecule has 3 unspecified atom stereocenters. The van der Waals surface area contributed by atoms with Crippen LogP contribution in [0.5, 0.6) is 0 Å². The number of carbonyl (C=O) groups excluding carboxylic acids is 1. The summed E-state index contributed by atoms with van der Waals surface area (Å²) in [5.74, 6) is 0.822. The molecule has 3 rings (SSSR count). The number of benzene rings is 1. The summed E-state index contributed by atoms with van der Waals surface area (Å²) in [6.45, 7) is 7.55. The fourth-order valence-corrected chi connectivity index (χ4v) is 3.71. The van der Waals surface area contributed by atoms with Gasteiger partial charge in [0.05, 0.1) is 18.3 Å². The highest BCUT2D eigenvalue weighted by Crippen LogP contribution is 2.15. The van der Waals surface area contributed by atoms with E-state index in [1.807, 2.05) is 43.0 Å². The lowest BCUT2D eigenvalue weighted by molar-refractivity contribution is -0.0586. The number of hydrogen-bond acceptors (Lipinski definition) is 4. The molecular formula is C21H32N4O3. The number of nitrogens with one attached hydrogen (secondary N) is 2. The lowest BCUT2D eigenvalue weighted by Crippen LogP contribution is -2.48. The molecular weight excluding hydrogens is 356 g/mol. The Balaban J connectivity index is 1.48. The van der Waals surface area contributed by atoms with Gasteiger partial charge in [-0.1, -0.05) is 12.1 Å². The Morgan fingerprint density at radius 3 is 2.50 bits per heavy atom. The number of nitrogens with zero attached hydrogens (tertiary/aromatic N) is 2. The number of hydrogen-bond donors (Lipinski definition) is 2. The van der Waals surface area contributed by atoms with E-state index in [2.05, 4.69) is 15.6 Å².